The molecule has 0 fully saturated rings. The number of benzene rings is 4. The summed E-state index contributed by atoms with van der Waals surface area (Å²) in [5.74, 6) is -0.391. The molecule has 3 N–H and O–H groups in total. The number of nitrogens with zero attached hydrogens (tertiary/aromatic N) is 1. The van der Waals surface area contributed by atoms with Gasteiger partial charge in [-0.1, -0.05) is 70.5 Å². The van der Waals surface area contributed by atoms with E-state index >= 15 is 0 Å². The Kier molecular flexibility index (Phi) is 4.75. The Morgan fingerprint density at radius 3 is 2.32 bits per heavy atom. The third-order valence-corrected chi connectivity index (χ3v) is 6.40. The van der Waals surface area contributed by atoms with Crippen molar-refractivity contribution in [1.29, 1.82) is 0 Å². The Labute approximate surface area is 187 Å². The fraction of sp³-hybridized carbons (Fsp3) is 0.0385. The summed E-state index contributed by atoms with van der Waals surface area (Å²) in [5.41, 5.74) is 10.8. The van der Waals surface area contributed by atoms with Crippen LogP contribution < -0.4 is 5.73 Å². The van der Waals surface area contributed by atoms with Gasteiger partial charge in [0.1, 0.15) is 5.75 Å². The maximum absolute atomic E-state index is 12.2. The standard InChI is InChI=1S/C26H19BrN2O2/c27-20-11-5-4-9-17(20)15-29-21-12-6-10-19(26(28)31)24(21)25-22(29)13-18(14-23(25)30)16-7-2-1-3-8-16/h1-14,30H,15H2,(H2,28,31). The molecule has 1 heterocycles. The van der Waals surface area contributed by atoms with Gasteiger partial charge in [-0.3, -0.25) is 4.79 Å². The van der Waals surface area contributed by atoms with Gasteiger partial charge < -0.3 is 15.4 Å². The fourth-order valence-corrected chi connectivity index (χ4v) is 4.62. The summed E-state index contributed by atoms with van der Waals surface area (Å²) in [6.07, 6.45) is 0. The van der Waals surface area contributed by atoms with Gasteiger partial charge in [-0.25, -0.2) is 0 Å². The van der Waals surface area contributed by atoms with Crippen molar-refractivity contribution in [2.75, 3.05) is 0 Å². The zero-order chi connectivity index (χ0) is 21.5. The van der Waals surface area contributed by atoms with E-state index in [4.69, 9.17) is 5.73 Å². The van der Waals surface area contributed by atoms with E-state index in [0.29, 0.717) is 22.9 Å². The van der Waals surface area contributed by atoms with Crippen LogP contribution in [-0.4, -0.2) is 15.6 Å². The second kappa shape index (κ2) is 7.60. The SMILES string of the molecule is NC(=O)c1cccc2c1c1c(O)cc(-c3ccccc3)cc1n2Cc1ccccc1Br. The average molecular weight is 471 g/mol. The van der Waals surface area contributed by atoms with Gasteiger partial charge in [0.2, 0.25) is 5.91 Å². The smallest absolute Gasteiger partial charge is 0.249 e. The minimum absolute atomic E-state index is 0.126. The first kappa shape index (κ1) is 19.4. The van der Waals surface area contributed by atoms with Crippen LogP contribution in [0, 0.1) is 0 Å². The van der Waals surface area contributed by atoms with Crippen LogP contribution in [0.3, 0.4) is 0 Å². The molecule has 1 amide bonds. The highest BCUT2D eigenvalue weighted by Crippen LogP contribution is 2.40. The van der Waals surface area contributed by atoms with E-state index < -0.39 is 5.91 Å². The highest BCUT2D eigenvalue weighted by molar-refractivity contribution is 9.10. The molecule has 4 nitrogen and oxygen atoms in total. The molecular formula is C26H19BrN2O2. The number of hydrogen-bond donors (Lipinski definition) is 2. The predicted molar refractivity (Wildman–Crippen MR) is 128 cm³/mol. The molecular weight excluding hydrogens is 452 g/mol. The molecule has 0 aliphatic rings. The van der Waals surface area contributed by atoms with Gasteiger partial charge >= 0.3 is 0 Å². The Balaban J connectivity index is 1.88. The van der Waals surface area contributed by atoms with E-state index in [-0.39, 0.29) is 5.75 Å². The molecule has 0 saturated heterocycles. The Morgan fingerprint density at radius 1 is 0.839 bits per heavy atom. The number of carbonyl (C=O) groups excluding carboxylic acids is 1. The number of rotatable bonds is 4. The first-order valence-electron chi connectivity index (χ1n) is 9.91. The van der Waals surface area contributed by atoms with Crippen LogP contribution in [0.15, 0.2) is 89.4 Å². The van der Waals surface area contributed by atoms with E-state index in [2.05, 4.69) is 32.6 Å². The Hall–Kier alpha value is -3.57. The average Bonchev–Trinajstić information content (AvgIpc) is 3.10. The third-order valence-electron chi connectivity index (χ3n) is 5.63. The molecule has 0 saturated carbocycles. The van der Waals surface area contributed by atoms with Crippen LogP contribution in [0.4, 0.5) is 0 Å². The van der Waals surface area contributed by atoms with Crippen molar-refractivity contribution in [3.63, 3.8) is 0 Å². The first-order valence-corrected chi connectivity index (χ1v) is 10.7. The minimum Gasteiger partial charge on any atom is -0.507 e. The van der Waals surface area contributed by atoms with Crippen molar-refractivity contribution < 1.29 is 9.90 Å². The highest BCUT2D eigenvalue weighted by atomic mass is 79.9. The Morgan fingerprint density at radius 2 is 1.58 bits per heavy atom. The number of hydrogen-bond acceptors (Lipinski definition) is 2. The van der Waals surface area contributed by atoms with Crippen molar-refractivity contribution in [3.05, 3.63) is 101 Å². The summed E-state index contributed by atoms with van der Waals surface area (Å²) in [5, 5.41) is 12.4. The molecule has 0 unspecified atom stereocenters. The lowest BCUT2D eigenvalue weighted by Gasteiger charge is -2.11. The molecule has 31 heavy (non-hydrogen) atoms. The molecule has 4 aromatic carbocycles. The summed E-state index contributed by atoms with van der Waals surface area (Å²) in [6, 6.07) is 27.3. The number of primary amides is 1. The van der Waals surface area contributed by atoms with Gasteiger partial charge in [-0.2, -0.15) is 0 Å². The quantitative estimate of drug-likeness (QED) is 0.334. The summed E-state index contributed by atoms with van der Waals surface area (Å²) in [7, 11) is 0. The first-order chi connectivity index (χ1) is 15.0. The van der Waals surface area contributed by atoms with E-state index in [1.54, 1.807) is 12.1 Å². The number of halogens is 1. The summed E-state index contributed by atoms with van der Waals surface area (Å²) < 4.78 is 3.13. The number of carbonyl (C=O) groups is 1. The number of aromatic nitrogens is 1. The summed E-state index contributed by atoms with van der Waals surface area (Å²) in [6.45, 7) is 0.571. The second-order valence-corrected chi connectivity index (χ2v) is 8.35. The van der Waals surface area contributed by atoms with Crippen molar-refractivity contribution in [1.82, 2.24) is 4.57 Å². The molecule has 0 aliphatic heterocycles. The van der Waals surface area contributed by atoms with Gasteiger partial charge in [-0.15, -0.1) is 0 Å². The van der Waals surface area contributed by atoms with Gasteiger partial charge in [0, 0.05) is 22.0 Å². The molecule has 0 spiro atoms. The van der Waals surface area contributed by atoms with E-state index in [0.717, 1.165) is 32.2 Å². The minimum atomic E-state index is -0.517. The molecule has 5 aromatic rings. The molecule has 5 heteroatoms. The zero-order valence-corrected chi connectivity index (χ0v) is 18.1. The zero-order valence-electron chi connectivity index (χ0n) is 16.5. The van der Waals surface area contributed by atoms with Crippen molar-refractivity contribution in [2.24, 2.45) is 5.73 Å². The normalized spacial score (nSPS) is 11.3. The van der Waals surface area contributed by atoms with Crippen LogP contribution in [0.25, 0.3) is 32.9 Å². The lowest BCUT2D eigenvalue weighted by molar-refractivity contribution is 0.100. The highest BCUT2D eigenvalue weighted by Gasteiger charge is 2.20. The van der Waals surface area contributed by atoms with E-state index in [1.165, 1.54) is 0 Å². The van der Waals surface area contributed by atoms with Crippen LogP contribution in [0.1, 0.15) is 15.9 Å². The largest absolute Gasteiger partial charge is 0.507 e. The number of amides is 1. The number of phenols is 1. The van der Waals surface area contributed by atoms with Crippen molar-refractivity contribution in [3.8, 4) is 16.9 Å². The molecule has 152 valence electrons. The van der Waals surface area contributed by atoms with Crippen LogP contribution >= 0.6 is 15.9 Å². The maximum Gasteiger partial charge on any atom is 0.249 e. The van der Waals surface area contributed by atoms with Gasteiger partial charge in [0.05, 0.1) is 16.4 Å². The number of aromatic hydroxyl groups is 1. The van der Waals surface area contributed by atoms with Crippen molar-refractivity contribution >= 4 is 43.6 Å². The fourth-order valence-electron chi connectivity index (χ4n) is 4.21. The second-order valence-electron chi connectivity index (χ2n) is 7.50. The predicted octanol–water partition coefficient (Wildman–Crippen LogP) is 6.08. The number of phenolic OH excluding ortho intramolecular Hbond substituents is 1. The maximum atomic E-state index is 12.2. The van der Waals surface area contributed by atoms with Crippen molar-refractivity contribution in [2.45, 2.75) is 6.54 Å². The van der Waals surface area contributed by atoms with Crippen LogP contribution in [0.5, 0.6) is 5.75 Å². The summed E-state index contributed by atoms with van der Waals surface area (Å²) in [4.78, 5) is 12.2. The monoisotopic (exact) mass is 470 g/mol. The molecule has 5 rings (SSSR count). The molecule has 0 bridgehead atoms. The molecule has 0 aliphatic carbocycles. The molecule has 0 atom stereocenters. The summed E-state index contributed by atoms with van der Waals surface area (Å²) >= 11 is 3.64. The van der Waals surface area contributed by atoms with Gasteiger partial charge in [-0.05, 0) is 47.0 Å². The lowest BCUT2D eigenvalue weighted by Crippen LogP contribution is -2.11. The third kappa shape index (κ3) is 3.27. The number of nitrogens with two attached hydrogens (primary N) is 1. The number of fused-ring (bicyclic) bond motifs is 3. The van der Waals surface area contributed by atoms with E-state index in [9.17, 15) is 9.90 Å². The van der Waals surface area contributed by atoms with Gasteiger partial charge in [0.25, 0.3) is 0 Å². The van der Waals surface area contributed by atoms with Crippen LogP contribution in [0.2, 0.25) is 0 Å². The van der Waals surface area contributed by atoms with Crippen LogP contribution in [-0.2, 0) is 6.54 Å². The van der Waals surface area contributed by atoms with E-state index in [1.807, 2.05) is 60.7 Å². The topological polar surface area (TPSA) is 68.2 Å². The Bertz CT molecular complexity index is 1460. The lowest BCUT2D eigenvalue weighted by atomic mass is 10.0. The van der Waals surface area contributed by atoms with Gasteiger partial charge in [0.15, 0.2) is 0 Å². The molecule has 0 radical (unpaired) electrons. The molecule has 1 aromatic heterocycles.